The molecule has 2 aromatic rings. The Morgan fingerprint density at radius 2 is 1.70 bits per heavy atom. The molecule has 0 bridgehead atoms. The molecule has 2 aromatic carbocycles. The maximum atomic E-state index is 13.0. The van der Waals surface area contributed by atoms with Crippen molar-refractivity contribution in [2.75, 3.05) is 6.61 Å². The Morgan fingerprint density at radius 3 is 2.39 bits per heavy atom. The van der Waals surface area contributed by atoms with E-state index in [1.54, 1.807) is 31.2 Å². The summed E-state index contributed by atoms with van der Waals surface area (Å²) in [6.45, 7) is 1.95. The smallest absolute Gasteiger partial charge is 0.330 e. The summed E-state index contributed by atoms with van der Waals surface area (Å²) < 4.78 is 10.8. The number of aromatic hydroxyl groups is 1. The molecule has 0 spiro atoms. The van der Waals surface area contributed by atoms with Crippen LogP contribution < -0.4 is 4.74 Å². The quantitative estimate of drug-likeness (QED) is 0.269. The molecule has 170 valence electrons. The lowest BCUT2D eigenvalue weighted by Crippen LogP contribution is -2.21. The molecule has 33 heavy (non-hydrogen) atoms. The Labute approximate surface area is 191 Å². The van der Waals surface area contributed by atoms with Crippen molar-refractivity contribution < 1.29 is 29.0 Å². The Hall–Kier alpha value is -3.74. The standard InChI is InChI=1S/C26H25NO6/c1-2-32-22(28)15-14-21(27-16-8-4-3-5-9-16)33-20-13-12-19-23(26(20)31)25(30)18-11-7-6-10-17(18)24(19)29/h6-7,10-16,31H,2-5,8-9H2,1H3/b15-14+,27-21?. The summed E-state index contributed by atoms with van der Waals surface area (Å²) in [4.78, 5) is 42.3. The van der Waals surface area contributed by atoms with Crippen LogP contribution in [-0.2, 0) is 9.53 Å². The van der Waals surface area contributed by atoms with Crippen molar-refractivity contribution in [1.29, 1.82) is 0 Å². The van der Waals surface area contributed by atoms with E-state index >= 15 is 0 Å². The van der Waals surface area contributed by atoms with Crippen LogP contribution in [0.4, 0.5) is 0 Å². The van der Waals surface area contributed by atoms with Crippen molar-refractivity contribution in [2.24, 2.45) is 4.99 Å². The van der Waals surface area contributed by atoms with Crippen LogP contribution in [-0.4, -0.2) is 41.2 Å². The van der Waals surface area contributed by atoms with Gasteiger partial charge in [-0.1, -0.05) is 43.5 Å². The number of nitrogens with zero attached hydrogens (tertiary/aromatic N) is 1. The Kier molecular flexibility index (Phi) is 6.68. The van der Waals surface area contributed by atoms with E-state index in [0.29, 0.717) is 5.56 Å². The van der Waals surface area contributed by atoms with Gasteiger partial charge in [0.05, 0.1) is 18.2 Å². The normalized spacial score (nSPS) is 16.5. The number of phenolic OH excluding ortho intramolecular Hbond substituents is 1. The number of hydrogen-bond donors (Lipinski definition) is 1. The van der Waals surface area contributed by atoms with Gasteiger partial charge in [-0.25, -0.2) is 9.79 Å². The van der Waals surface area contributed by atoms with Crippen molar-refractivity contribution in [3.8, 4) is 11.5 Å². The lowest BCUT2D eigenvalue weighted by Gasteiger charge is -2.21. The SMILES string of the molecule is CCOC(=O)/C=C/C(=NC1CCCCC1)Oc1ccc2c(c1O)C(=O)c1ccccc1C2=O. The number of carbonyl (C=O) groups excluding carboxylic acids is 3. The van der Waals surface area contributed by atoms with E-state index in [1.807, 2.05) is 0 Å². The van der Waals surface area contributed by atoms with Gasteiger partial charge in [-0.2, -0.15) is 0 Å². The minimum atomic E-state index is -0.538. The van der Waals surface area contributed by atoms with Crippen molar-refractivity contribution in [2.45, 2.75) is 45.1 Å². The number of esters is 1. The Bertz CT molecular complexity index is 1160. The fourth-order valence-electron chi connectivity index (χ4n) is 4.17. The summed E-state index contributed by atoms with van der Waals surface area (Å²) in [7, 11) is 0. The number of ether oxygens (including phenoxy) is 2. The zero-order chi connectivity index (χ0) is 23.4. The maximum absolute atomic E-state index is 13.0. The van der Waals surface area contributed by atoms with Gasteiger partial charge in [0.1, 0.15) is 0 Å². The van der Waals surface area contributed by atoms with Crippen LogP contribution in [0.2, 0.25) is 0 Å². The minimum absolute atomic E-state index is 0.0163. The number of aliphatic imine (C=N–C) groups is 1. The van der Waals surface area contributed by atoms with Gasteiger partial charge in [-0.05, 0) is 31.9 Å². The second kappa shape index (κ2) is 9.81. The third-order valence-corrected chi connectivity index (χ3v) is 5.78. The van der Waals surface area contributed by atoms with Crippen LogP contribution in [0.3, 0.4) is 0 Å². The molecule has 0 aliphatic heterocycles. The molecule has 1 fully saturated rings. The molecule has 0 amide bonds. The number of fused-ring (bicyclic) bond motifs is 2. The predicted molar refractivity (Wildman–Crippen MR) is 122 cm³/mol. The van der Waals surface area contributed by atoms with E-state index in [0.717, 1.165) is 32.1 Å². The van der Waals surface area contributed by atoms with Gasteiger partial charge in [-0.3, -0.25) is 9.59 Å². The van der Waals surface area contributed by atoms with E-state index in [1.165, 1.54) is 24.3 Å². The van der Waals surface area contributed by atoms with Crippen molar-refractivity contribution in [3.63, 3.8) is 0 Å². The predicted octanol–water partition coefficient (Wildman–Crippen LogP) is 4.40. The van der Waals surface area contributed by atoms with E-state index in [2.05, 4.69) is 4.99 Å². The average Bonchev–Trinajstić information content (AvgIpc) is 2.83. The van der Waals surface area contributed by atoms with E-state index < -0.39 is 17.5 Å². The van der Waals surface area contributed by atoms with Crippen LogP contribution in [0.5, 0.6) is 11.5 Å². The summed E-state index contributed by atoms with van der Waals surface area (Å²) in [5.41, 5.74) is 0.569. The first-order valence-electron chi connectivity index (χ1n) is 11.1. The molecule has 0 radical (unpaired) electrons. The van der Waals surface area contributed by atoms with E-state index in [4.69, 9.17) is 9.47 Å². The zero-order valence-corrected chi connectivity index (χ0v) is 18.4. The molecule has 7 heteroatoms. The Morgan fingerprint density at radius 1 is 1.00 bits per heavy atom. The minimum Gasteiger partial charge on any atom is -0.504 e. The number of ketones is 2. The first kappa shape index (κ1) is 22.5. The highest BCUT2D eigenvalue weighted by molar-refractivity contribution is 6.29. The Balaban J connectivity index is 1.68. The van der Waals surface area contributed by atoms with Gasteiger partial charge in [0, 0.05) is 28.8 Å². The highest BCUT2D eigenvalue weighted by Gasteiger charge is 2.33. The third-order valence-electron chi connectivity index (χ3n) is 5.78. The van der Waals surface area contributed by atoms with Gasteiger partial charge in [0.2, 0.25) is 5.90 Å². The molecule has 1 saturated carbocycles. The highest BCUT2D eigenvalue weighted by Crippen LogP contribution is 2.38. The molecular weight excluding hydrogens is 422 g/mol. The first-order valence-corrected chi connectivity index (χ1v) is 11.1. The molecule has 0 unspecified atom stereocenters. The second-order valence-electron chi connectivity index (χ2n) is 7.99. The van der Waals surface area contributed by atoms with Gasteiger partial charge >= 0.3 is 5.97 Å². The first-order chi connectivity index (χ1) is 16.0. The number of phenols is 1. The molecular formula is C26H25NO6. The van der Waals surface area contributed by atoms with Gasteiger partial charge in [-0.15, -0.1) is 0 Å². The van der Waals surface area contributed by atoms with E-state index in [9.17, 15) is 19.5 Å². The van der Waals surface area contributed by atoms with Crippen molar-refractivity contribution >= 4 is 23.4 Å². The fourth-order valence-corrected chi connectivity index (χ4v) is 4.17. The largest absolute Gasteiger partial charge is 0.504 e. The third kappa shape index (κ3) is 4.72. The highest BCUT2D eigenvalue weighted by atomic mass is 16.5. The maximum Gasteiger partial charge on any atom is 0.330 e. The number of rotatable bonds is 5. The van der Waals surface area contributed by atoms with Crippen LogP contribution >= 0.6 is 0 Å². The molecule has 0 atom stereocenters. The average molecular weight is 447 g/mol. The zero-order valence-electron chi connectivity index (χ0n) is 18.4. The molecule has 2 aliphatic carbocycles. The fraction of sp³-hybridized carbons (Fsp3) is 0.308. The molecule has 1 N–H and O–H groups in total. The molecule has 4 rings (SSSR count). The summed E-state index contributed by atoms with van der Waals surface area (Å²) in [6, 6.07) is 9.45. The van der Waals surface area contributed by atoms with Gasteiger partial charge < -0.3 is 14.6 Å². The monoisotopic (exact) mass is 447 g/mol. The molecule has 0 aromatic heterocycles. The van der Waals surface area contributed by atoms with E-state index in [-0.39, 0.29) is 46.8 Å². The second-order valence-corrected chi connectivity index (χ2v) is 7.99. The molecule has 7 nitrogen and oxygen atoms in total. The van der Waals surface area contributed by atoms with Crippen LogP contribution in [0.25, 0.3) is 0 Å². The molecule has 2 aliphatic rings. The lowest BCUT2D eigenvalue weighted by atomic mass is 9.83. The molecule has 0 saturated heterocycles. The van der Waals surface area contributed by atoms with Crippen molar-refractivity contribution in [1.82, 2.24) is 0 Å². The number of hydrogen-bond acceptors (Lipinski definition) is 7. The summed E-state index contributed by atoms with van der Waals surface area (Å²) in [5, 5.41) is 10.9. The molecule has 0 heterocycles. The number of carbonyl (C=O) groups is 3. The number of benzene rings is 2. The van der Waals surface area contributed by atoms with Crippen LogP contribution in [0, 0.1) is 0 Å². The van der Waals surface area contributed by atoms with Gasteiger partial charge in [0.25, 0.3) is 0 Å². The van der Waals surface area contributed by atoms with Crippen LogP contribution in [0.1, 0.15) is 70.9 Å². The summed E-state index contributed by atoms with van der Waals surface area (Å²) in [6.07, 6.45) is 7.69. The summed E-state index contributed by atoms with van der Waals surface area (Å²) in [5.74, 6) is -1.64. The van der Waals surface area contributed by atoms with Crippen molar-refractivity contribution in [3.05, 3.63) is 70.8 Å². The lowest BCUT2D eigenvalue weighted by molar-refractivity contribution is -0.137. The van der Waals surface area contributed by atoms with Gasteiger partial charge in [0.15, 0.2) is 23.1 Å². The summed E-state index contributed by atoms with van der Waals surface area (Å²) >= 11 is 0. The van der Waals surface area contributed by atoms with Crippen LogP contribution in [0.15, 0.2) is 53.5 Å². The topological polar surface area (TPSA) is 102 Å².